The number of carbonyl (C=O) groups excluding carboxylic acids is 2. The zero-order valence-electron chi connectivity index (χ0n) is 13.4. The molecule has 0 aliphatic carbocycles. The summed E-state index contributed by atoms with van der Waals surface area (Å²) in [7, 11) is 1.36. The van der Waals surface area contributed by atoms with E-state index in [1.165, 1.54) is 7.11 Å². The molecule has 1 aromatic carbocycles. The van der Waals surface area contributed by atoms with Crippen molar-refractivity contribution in [3.8, 4) is 0 Å². The molecule has 0 radical (unpaired) electrons. The first kappa shape index (κ1) is 16.3. The van der Waals surface area contributed by atoms with Gasteiger partial charge in [-0.1, -0.05) is 12.1 Å². The quantitative estimate of drug-likeness (QED) is 0.820. The smallest absolute Gasteiger partial charge is 0.412 e. The molecule has 22 heavy (non-hydrogen) atoms. The van der Waals surface area contributed by atoms with Crippen LogP contribution in [-0.4, -0.2) is 31.3 Å². The number of benzene rings is 1. The van der Waals surface area contributed by atoms with E-state index in [-0.39, 0.29) is 5.97 Å². The van der Waals surface area contributed by atoms with Crippen molar-refractivity contribution in [1.29, 1.82) is 0 Å². The summed E-state index contributed by atoms with van der Waals surface area (Å²) >= 11 is 0. The lowest BCUT2D eigenvalue weighted by molar-refractivity contribution is -0.143. The molecule has 2 rings (SSSR count). The Morgan fingerprint density at radius 1 is 1.32 bits per heavy atom. The molecule has 1 aliphatic rings. The van der Waals surface area contributed by atoms with Crippen LogP contribution < -0.4 is 10.6 Å². The van der Waals surface area contributed by atoms with Crippen molar-refractivity contribution in [2.45, 2.75) is 38.8 Å². The number of carbonyl (C=O) groups is 2. The van der Waals surface area contributed by atoms with Crippen molar-refractivity contribution in [2.24, 2.45) is 0 Å². The minimum absolute atomic E-state index is 0.338. The average molecular weight is 306 g/mol. The van der Waals surface area contributed by atoms with Crippen molar-refractivity contribution in [2.75, 3.05) is 19.0 Å². The topological polar surface area (TPSA) is 76.7 Å². The van der Waals surface area contributed by atoms with Gasteiger partial charge in [-0.15, -0.1) is 0 Å². The van der Waals surface area contributed by atoms with Gasteiger partial charge in [-0.2, -0.15) is 0 Å². The molecule has 0 saturated carbocycles. The Bertz CT molecular complexity index is 578. The van der Waals surface area contributed by atoms with E-state index in [9.17, 15) is 9.59 Å². The normalized spacial score (nSPS) is 17.4. The maximum Gasteiger partial charge on any atom is 0.412 e. The maximum atomic E-state index is 11.9. The third-order valence-corrected chi connectivity index (χ3v) is 3.32. The summed E-state index contributed by atoms with van der Waals surface area (Å²) in [4.78, 5) is 23.8. The van der Waals surface area contributed by atoms with Gasteiger partial charge in [-0.3, -0.25) is 5.32 Å². The fourth-order valence-electron chi connectivity index (χ4n) is 2.46. The highest BCUT2D eigenvalue weighted by molar-refractivity contribution is 5.87. The highest BCUT2D eigenvalue weighted by Gasteiger charge is 2.28. The molecular formula is C16H22N2O4. The summed E-state index contributed by atoms with van der Waals surface area (Å²) < 4.78 is 10.1. The number of nitrogens with one attached hydrogen (secondary N) is 2. The minimum Gasteiger partial charge on any atom is -0.468 e. The molecule has 2 N–H and O–H groups in total. The first-order valence-electron chi connectivity index (χ1n) is 7.25. The van der Waals surface area contributed by atoms with Gasteiger partial charge in [0.2, 0.25) is 0 Å². The molecule has 1 atom stereocenters. The van der Waals surface area contributed by atoms with Crippen molar-refractivity contribution in [3.05, 3.63) is 29.3 Å². The Morgan fingerprint density at radius 3 is 2.68 bits per heavy atom. The number of rotatable bonds is 2. The number of hydrogen-bond donors (Lipinski definition) is 2. The summed E-state index contributed by atoms with van der Waals surface area (Å²) in [5.74, 6) is -0.338. The van der Waals surface area contributed by atoms with Gasteiger partial charge in [0.05, 0.1) is 7.11 Å². The third-order valence-electron chi connectivity index (χ3n) is 3.32. The van der Waals surface area contributed by atoms with Crippen LogP contribution in [-0.2, 0) is 20.7 Å². The van der Waals surface area contributed by atoms with Crippen molar-refractivity contribution in [1.82, 2.24) is 5.32 Å². The number of ether oxygens (including phenoxy) is 2. The fourth-order valence-corrected chi connectivity index (χ4v) is 2.46. The van der Waals surface area contributed by atoms with Gasteiger partial charge in [0.25, 0.3) is 0 Å². The van der Waals surface area contributed by atoms with Crippen LogP contribution in [0.4, 0.5) is 10.5 Å². The monoisotopic (exact) mass is 306 g/mol. The Labute approximate surface area is 130 Å². The summed E-state index contributed by atoms with van der Waals surface area (Å²) in [6.45, 7) is 6.07. The second-order valence-electron chi connectivity index (χ2n) is 6.16. The molecular weight excluding hydrogens is 284 g/mol. The SMILES string of the molecule is COC(=O)[C@H]1NCCc2c(NC(=O)OC(C)(C)C)cccc21. The summed E-state index contributed by atoms with van der Waals surface area (Å²) in [5.41, 5.74) is 1.87. The zero-order valence-corrected chi connectivity index (χ0v) is 13.4. The molecule has 0 bridgehead atoms. The molecule has 1 heterocycles. The molecule has 0 saturated heterocycles. The van der Waals surface area contributed by atoms with E-state index in [0.717, 1.165) is 17.5 Å². The van der Waals surface area contributed by atoms with E-state index in [1.807, 2.05) is 32.9 Å². The average Bonchev–Trinajstić information content (AvgIpc) is 2.44. The number of anilines is 1. The molecule has 0 unspecified atom stereocenters. The summed E-state index contributed by atoms with van der Waals surface area (Å²) in [6, 6.07) is 4.97. The predicted octanol–water partition coefficient (Wildman–Crippen LogP) is 2.39. The second-order valence-corrected chi connectivity index (χ2v) is 6.16. The van der Waals surface area contributed by atoms with Crippen LogP contribution in [0.25, 0.3) is 0 Å². The first-order valence-corrected chi connectivity index (χ1v) is 7.25. The van der Waals surface area contributed by atoms with Crippen LogP contribution in [0.15, 0.2) is 18.2 Å². The number of hydrogen-bond acceptors (Lipinski definition) is 5. The molecule has 120 valence electrons. The van der Waals surface area contributed by atoms with Gasteiger partial charge in [0.15, 0.2) is 0 Å². The van der Waals surface area contributed by atoms with Crippen LogP contribution >= 0.6 is 0 Å². The zero-order chi connectivity index (χ0) is 16.3. The molecule has 0 spiro atoms. The predicted molar refractivity (Wildman–Crippen MR) is 82.8 cm³/mol. The molecule has 1 aliphatic heterocycles. The summed E-state index contributed by atoms with van der Waals surface area (Å²) in [6.07, 6.45) is 0.212. The largest absolute Gasteiger partial charge is 0.468 e. The van der Waals surface area contributed by atoms with Crippen LogP contribution in [0.1, 0.15) is 37.9 Å². The van der Waals surface area contributed by atoms with Gasteiger partial charge in [0, 0.05) is 12.2 Å². The van der Waals surface area contributed by atoms with Crippen LogP contribution in [0.2, 0.25) is 0 Å². The molecule has 1 aromatic rings. The Kier molecular flexibility index (Phi) is 4.71. The maximum absolute atomic E-state index is 11.9. The van der Waals surface area contributed by atoms with Gasteiger partial charge >= 0.3 is 12.1 Å². The lowest BCUT2D eigenvalue weighted by Gasteiger charge is -2.27. The van der Waals surface area contributed by atoms with Crippen LogP contribution in [0.5, 0.6) is 0 Å². The van der Waals surface area contributed by atoms with Crippen molar-refractivity contribution in [3.63, 3.8) is 0 Å². The van der Waals surface area contributed by atoms with E-state index >= 15 is 0 Å². The molecule has 6 nitrogen and oxygen atoms in total. The van der Waals surface area contributed by atoms with Gasteiger partial charge in [-0.25, -0.2) is 9.59 Å². The van der Waals surface area contributed by atoms with E-state index in [1.54, 1.807) is 6.07 Å². The van der Waals surface area contributed by atoms with E-state index in [4.69, 9.17) is 9.47 Å². The summed E-state index contributed by atoms with van der Waals surface area (Å²) in [5, 5.41) is 5.89. The Hall–Kier alpha value is -2.08. The molecule has 1 amide bonds. The molecule has 0 aromatic heterocycles. The number of amides is 1. The number of esters is 1. The highest BCUT2D eigenvalue weighted by atomic mass is 16.6. The molecule has 6 heteroatoms. The first-order chi connectivity index (χ1) is 10.3. The van der Waals surface area contributed by atoms with E-state index in [0.29, 0.717) is 12.2 Å². The second kappa shape index (κ2) is 6.36. The van der Waals surface area contributed by atoms with Crippen molar-refractivity contribution >= 4 is 17.7 Å². The lowest BCUT2D eigenvalue weighted by atomic mass is 9.93. The number of methoxy groups -OCH3 is 1. The fraction of sp³-hybridized carbons (Fsp3) is 0.500. The van der Waals surface area contributed by atoms with E-state index in [2.05, 4.69) is 10.6 Å². The highest BCUT2D eigenvalue weighted by Crippen LogP contribution is 2.30. The molecule has 0 fully saturated rings. The third kappa shape index (κ3) is 3.76. The van der Waals surface area contributed by atoms with E-state index < -0.39 is 17.7 Å². The lowest BCUT2D eigenvalue weighted by Crippen LogP contribution is -2.36. The van der Waals surface area contributed by atoms with Gasteiger partial charge in [0.1, 0.15) is 11.6 Å². The number of fused-ring (bicyclic) bond motifs is 1. The Balaban J connectivity index is 2.25. The van der Waals surface area contributed by atoms with Gasteiger partial charge < -0.3 is 14.8 Å². The van der Waals surface area contributed by atoms with Crippen LogP contribution in [0.3, 0.4) is 0 Å². The minimum atomic E-state index is -0.560. The van der Waals surface area contributed by atoms with Crippen LogP contribution in [0, 0.1) is 0 Å². The standard InChI is InChI=1S/C16H22N2O4/c1-16(2,3)22-15(20)18-12-7-5-6-11-10(12)8-9-17-13(11)14(19)21-4/h5-7,13,17H,8-9H2,1-4H3,(H,18,20)/t13-/m0/s1. The van der Waals surface area contributed by atoms with Crippen molar-refractivity contribution < 1.29 is 19.1 Å². The van der Waals surface area contributed by atoms with Gasteiger partial charge in [-0.05, 0) is 44.4 Å². The Morgan fingerprint density at radius 2 is 2.05 bits per heavy atom.